The van der Waals surface area contributed by atoms with Crippen molar-refractivity contribution in [3.05, 3.63) is 38.4 Å². The van der Waals surface area contributed by atoms with Crippen molar-refractivity contribution in [2.75, 3.05) is 6.54 Å². The molecule has 0 radical (unpaired) electrons. The summed E-state index contributed by atoms with van der Waals surface area (Å²) in [5.41, 5.74) is -0.235. The number of thioether (sulfide) groups is 1. The molecule has 0 aliphatic carbocycles. The lowest BCUT2D eigenvalue weighted by atomic mass is 9.96. The van der Waals surface area contributed by atoms with Gasteiger partial charge in [-0.1, -0.05) is 11.8 Å². The Hall–Kier alpha value is -0.180. The van der Waals surface area contributed by atoms with E-state index in [0.29, 0.717) is 10.6 Å². The maximum absolute atomic E-state index is 14.0. The molecule has 0 saturated carbocycles. The van der Waals surface area contributed by atoms with Crippen LogP contribution in [-0.2, 0) is 4.75 Å². The fraction of sp³-hybridized carbons (Fsp3) is 0.462. The van der Waals surface area contributed by atoms with Gasteiger partial charge >= 0.3 is 0 Å². The summed E-state index contributed by atoms with van der Waals surface area (Å²) in [6, 6.07) is 4.89. The van der Waals surface area contributed by atoms with Gasteiger partial charge in [0.1, 0.15) is 16.4 Å². The molecule has 1 aliphatic rings. The van der Waals surface area contributed by atoms with E-state index in [2.05, 4.69) is 22.6 Å². The van der Waals surface area contributed by atoms with Crippen molar-refractivity contribution in [3.63, 3.8) is 0 Å². The van der Waals surface area contributed by atoms with Crippen molar-refractivity contribution < 1.29 is 9.45 Å². The molecule has 3 nitrogen and oxygen atoms in total. The van der Waals surface area contributed by atoms with Crippen LogP contribution in [-0.4, -0.2) is 17.1 Å². The van der Waals surface area contributed by atoms with Gasteiger partial charge in [-0.3, -0.25) is 5.41 Å². The third-order valence-corrected chi connectivity index (χ3v) is 5.79. The summed E-state index contributed by atoms with van der Waals surface area (Å²) in [6.07, 6.45) is 0. The maximum Gasteiger partial charge on any atom is 0.140 e. The van der Waals surface area contributed by atoms with Crippen LogP contribution in [0.3, 0.4) is 0 Å². The van der Waals surface area contributed by atoms with E-state index in [-0.39, 0.29) is 17.4 Å². The molecule has 1 fully saturated rings. The molecule has 1 aromatic rings. The molecule has 2 N–H and O–H groups in total. The number of hydroxylamine groups is 2. The number of quaternary nitrogens is 1. The predicted octanol–water partition coefficient (Wildman–Crippen LogP) is 2.53. The van der Waals surface area contributed by atoms with Crippen LogP contribution >= 0.6 is 34.4 Å². The molecule has 0 bridgehead atoms. The third-order valence-electron chi connectivity index (χ3n) is 3.59. The number of nitrogens with one attached hydrogen (secondary N) is 2. The second-order valence-electron chi connectivity index (χ2n) is 5.51. The highest BCUT2D eigenvalue weighted by molar-refractivity contribution is 14.1. The summed E-state index contributed by atoms with van der Waals surface area (Å²) in [6.45, 7) is 5.61. The van der Waals surface area contributed by atoms with E-state index in [4.69, 9.17) is 5.41 Å². The van der Waals surface area contributed by atoms with Crippen LogP contribution in [0.5, 0.6) is 0 Å². The Morgan fingerprint density at radius 1 is 1.42 bits per heavy atom. The summed E-state index contributed by atoms with van der Waals surface area (Å²) in [4.78, 5) is 0. The van der Waals surface area contributed by atoms with Crippen LogP contribution in [0.25, 0.3) is 0 Å². The largest absolute Gasteiger partial charge is 0.634 e. The Labute approximate surface area is 130 Å². The van der Waals surface area contributed by atoms with Crippen LogP contribution in [0.4, 0.5) is 4.39 Å². The average molecular weight is 394 g/mol. The van der Waals surface area contributed by atoms with Gasteiger partial charge in [0.25, 0.3) is 0 Å². The van der Waals surface area contributed by atoms with Gasteiger partial charge in [0.2, 0.25) is 0 Å². The second-order valence-corrected chi connectivity index (χ2v) is 8.27. The highest BCUT2D eigenvalue weighted by Crippen LogP contribution is 2.41. The van der Waals surface area contributed by atoms with Crippen molar-refractivity contribution >= 4 is 39.4 Å². The number of rotatable bonds is 1. The van der Waals surface area contributed by atoms with Gasteiger partial charge in [0.15, 0.2) is 0 Å². The van der Waals surface area contributed by atoms with Crippen LogP contribution in [0.1, 0.15) is 26.3 Å². The molecular formula is C13H16FIN2OS. The SMILES string of the molecule is CC1(c2cc(I)ccc2F)C[NH+]([O-])C(C)(C)C(=N)S1. The van der Waals surface area contributed by atoms with Crippen molar-refractivity contribution in [1.82, 2.24) is 0 Å². The fourth-order valence-corrected chi connectivity index (χ4v) is 3.88. The topological polar surface area (TPSA) is 51.4 Å². The fourth-order valence-electron chi connectivity index (χ4n) is 2.10. The molecule has 104 valence electrons. The molecule has 0 spiro atoms. The second kappa shape index (κ2) is 4.98. The van der Waals surface area contributed by atoms with Crippen LogP contribution in [0.15, 0.2) is 18.2 Å². The molecule has 0 aromatic heterocycles. The summed E-state index contributed by atoms with van der Waals surface area (Å²) in [5.74, 6) is -0.310. The van der Waals surface area contributed by atoms with Crippen molar-refractivity contribution in [2.24, 2.45) is 0 Å². The van der Waals surface area contributed by atoms with Gasteiger partial charge in [-0.2, -0.15) is 0 Å². The molecule has 2 rings (SSSR count). The summed E-state index contributed by atoms with van der Waals surface area (Å²) in [7, 11) is 0. The van der Waals surface area contributed by atoms with Gasteiger partial charge < -0.3 is 10.3 Å². The standard InChI is InChI=1S/C13H16FIN2OS/c1-12(2)11(16)19-13(3,7-17(12)18)9-6-8(15)4-5-10(9)14/h4-6,16-17H,7H2,1-3H3. The first-order valence-electron chi connectivity index (χ1n) is 5.94. The van der Waals surface area contributed by atoms with Gasteiger partial charge in [-0.15, -0.1) is 0 Å². The molecule has 1 saturated heterocycles. The Bertz CT molecular complexity index is 537. The number of halogens is 2. The van der Waals surface area contributed by atoms with Crippen molar-refractivity contribution in [3.8, 4) is 0 Å². The van der Waals surface area contributed by atoms with Crippen molar-refractivity contribution in [1.29, 1.82) is 5.41 Å². The average Bonchev–Trinajstić information content (AvgIpc) is 2.30. The van der Waals surface area contributed by atoms with E-state index in [9.17, 15) is 9.60 Å². The number of hydrogen-bond acceptors (Lipinski definition) is 3. The van der Waals surface area contributed by atoms with Gasteiger partial charge in [-0.25, -0.2) is 4.39 Å². The molecule has 1 aromatic carbocycles. The number of hydrogen-bond donors (Lipinski definition) is 2. The Morgan fingerprint density at radius 2 is 2.05 bits per heavy atom. The van der Waals surface area contributed by atoms with E-state index in [0.717, 1.165) is 3.57 Å². The van der Waals surface area contributed by atoms with Crippen LogP contribution in [0, 0.1) is 20.0 Å². The molecule has 2 atom stereocenters. The van der Waals surface area contributed by atoms with E-state index < -0.39 is 10.3 Å². The van der Waals surface area contributed by atoms with Gasteiger partial charge in [0, 0.05) is 9.13 Å². The Kier molecular flexibility index (Phi) is 3.99. The van der Waals surface area contributed by atoms with E-state index >= 15 is 0 Å². The molecular weight excluding hydrogens is 378 g/mol. The van der Waals surface area contributed by atoms with Gasteiger partial charge in [0.05, 0.1) is 11.3 Å². The minimum atomic E-state index is -0.747. The monoisotopic (exact) mass is 394 g/mol. The first-order valence-corrected chi connectivity index (χ1v) is 7.83. The smallest absolute Gasteiger partial charge is 0.140 e. The zero-order valence-corrected chi connectivity index (χ0v) is 14.0. The zero-order valence-electron chi connectivity index (χ0n) is 11.0. The maximum atomic E-state index is 14.0. The molecule has 6 heteroatoms. The highest BCUT2D eigenvalue weighted by Gasteiger charge is 2.47. The van der Waals surface area contributed by atoms with Crippen LogP contribution < -0.4 is 5.06 Å². The van der Waals surface area contributed by atoms with Gasteiger partial charge in [-0.05, 0) is 61.6 Å². The summed E-state index contributed by atoms with van der Waals surface area (Å²) in [5, 5.41) is 20.6. The lowest BCUT2D eigenvalue weighted by Crippen LogP contribution is -3.18. The summed E-state index contributed by atoms with van der Waals surface area (Å²) < 4.78 is 14.3. The lowest BCUT2D eigenvalue weighted by molar-refractivity contribution is -0.890. The minimum Gasteiger partial charge on any atom is -0.634 e. The minimum absolute atomic E-state index is 0.00277. The molecule has 0 amide bonds. The highest BCUT2D eigenvalue weighted by atomic mass is 127. The lowest BCUT2D eigenvalue weighted by Gasteiger charge is -2.48. The predicted molar refractivity (Wildman–Crippen MR) is 85.1 cm³/mol. The molecule has 19 heavy (non-hydrogen) atoms. The third kappa shape index (κ3) is 2.68. The molecule has 2 unspecified atom stereocenters. The number of benzene rings is 1. The molecule has 1 heterocycles. The van der Waals surface area contributed by atoms with E-state index in [1.54, 1.807) is 26.0 Å². The zero-order chi connectivity index (χ0) is 14.4. The van der Waals surface area contributed by atoms with E-state index in [1.807, 2.05) is 6.92 Å². The summed E-state index contributed by atoms with van der Waals surface area (Å²) >= 11 is 3.42. The normalized spacial score (nSPS) is 30.4. The Balaban J connectivity index is 2.44. The van der Waals surface area contributed by atoms with Crippen LogP contribution in [0.2, 0.25) is 0 Å². The van der Waals surface area contributed by atoms with Crippen molar-refractivity contribution in [2.45, 2.75) is 31.1 Å². The molecule has 1 aliphatic heterocycles. The first kappa shape index (κ1) is 15.2. The quantitative estimate of drug-likeness (QED) is 0.568. The van der Waals surface area contributed by atoms with E-state index in [1.165, 1.54) is 17.8 Å². The Morgan fingerprint density at radius 3 is 2.63 bits per heavy atom. The first-order chi connectivity index (χ1) is 8.67.